The number of fused-ring (bicyclic) bond motifs is 1. The summed E-state index contributed by atoms with van der Waals surface area (Å²) < 4.78 is 21.9. The van der Waals surface area contributed by atoms with Crippen molar-refractivity contribution in [2.24, 2.45) is 0 Å². The first kappa shape index (κ1) is 16.1. The molecule has 1 unspecified atom stereocenters. The van der Waals surface area contributed by atoms with Gasteiger partial charge in [0.2, 0.25) is 6.79 Å². The van der Waals surface area contributed by atoms with E-state index >= 15 is 0 Å². The maximum absolute atomic E-state index is 5.68. The fourth-order valence-electron chi connectivity index (χ4n) is 2.14. The average Bonchev–Trinajstić information content (AvgIpc) is 2.97. The Bertz CT molecular complexity index is 425. The van der Waals surface area contributed by atoms with Gasteiger partial charge in [-0.2, -0.15) is 0 Å². The minimum atomic E-state index is 0.134. The van der Waals surface area contributed by atoms with Crippen LogP contribution in [-0.4, -0.2) is 40.3 Å². The number of rotatable bonds is 10. The van der Waals surface area contributed by atoms with Crippen LogP contribution in [0.25, 0.3) is 0 Å². The van der Waals surface area contributed by atoms with E-state index in [0.717, 1.165) is 36.5 Å². The molecule has 0 bridgehead atoms. The van der Waals surface area contributed by atoms with E-state index in [9.17, 15) is 0 Å². The highest BCUT2D eigenvalue weighted by molar-refractivity contribution is 5.45. The van der Waals surface area contributed by atoms with Crippen molar-refractivity contribution in [2.75, 3.05) is 40.3 Å². The minimum Gasteiger partial charge on any atom is -0.454 e. The molecule has 5 nitrogen and oxygen atoms in total. The van der Waals surface area contributed by atoms with E-state index in [-0.39, 0.29) is 6.04 Å². The Morgan fingerprint density at radius 3 is 2.76 bits per heavy atom. The van der Waals surface area contributed by atoms with Crippen LogP contribution in [0.5, 0.6) is 11.5 Å². The molecular formula is C16H25NO4. The molecule has 0 aliphatic carbocycles. The Morgan fingerprint density at radius 2 is 1.95 bits per heavy atom. The third-order valence-electron chi connectivity index (χ3n) is 3.45. The highest BCUT2D eigenvalue weighted by atomic mass is 16.7. The van der Waals surface area contributed by atoms with Gasteiger partial charge in [-0.1, -0.05) is 19.4 Å². The molecule has 2 rings (SSSR count). The van der Waals surface area contributed by atoms with Gasteiger partial charge >= 0.3 is 0 Å². The summed E-state index contributed by atoms with van der Waals surface area (Å²) in [5, 5.41) is 3.26. The summed E-state index contributed by atoms with van der Waals surface area (Å²) in [5.41, 5.74) is 1.13. The summed E-state index contributed by atoms with van der Waals surface area (Å²) in [6, 6.07) is 6.12. The molecule has 0 amide bonds. The standard InChI is InChI=1S/C16H25NO4/c1-3-4-7-18-8-9-19-11-14(17-2)13-5-6-15-16(10-13)21-12-20-15/h5-6,10,14,17H,3-4,7-9,11-12H2,1-2H3. The third-order valence-corrected chi connectivity index (χ3v) is 3.45. The van der Waals surface area contributed by atoms with E-state index in [1.54, 1.807) is 0 Å². The van der Waals surface area contributed by atoms with Crippen molar-refractivity contribution in [3.05, 3.63) is 23.8 Å². The van der Waals surface area contributed by atoms with Crippen LogP contribution in [0, 0.1) is 0 Å². The zero-order valence-corrected chi connectivity index (χ0v) is 12.9. The van der Waals surface area contributed by atoms with E-state index in [4.69, 9.17) is 18.9 Å². The lowest BCUT2D eigenvalue weighted by Gasteiger charge is -2.17. The van der Waals surface area contributed by atoms with Crippen LogP contribution < -0.4 is 14.8 Å². The van der Waals surface area contributed by atoms with Crippen molar-refractivity contribution in [3.8, 4) is 11.5 Å². The summed E-state index contributed by atoms with van der Waals surface area (Å²) in [6.07, 6.45) is 2.27. The van der Waals surface area contributed by atoms with Crippen LogP contribution in [0.4, 0.5) is 0 Å². The average molecular weight is 295 g/mol. The van der Waals surface area contributed by atoms with Crippen LogP contribution in [0.3, 0.4) is 0 Å². The molecule has 1 aromatic carbocycles. The summed E-state index contributed by atoms with van der Waals surface area (Å²) in [5.74, 6) is 1.61. The van der Waals surface area contributed by atoms with Gasteiger partial charge in [0.25, 0.3) is 0 Å². The van der Waals surface area contributed by atoms with Gasteiger partial charge in [-0.15, -0.1) is 0 Å². The maximum Gasteiger partial charge on any atom is 0.231 e. The molecule has 0 saturated carbocycles. The molecule has 21 heavy (non-hydrogen) atoms. The van der Waals surface area contributed by atoms with E-state index < -0.39 is 0 Å². The molecule has 0 radical (unpaired) electrons. The summed E-state index contributed by atoms with van der Waals surface area (Å²) in [7, 11) is 1.93. The Kier molecular flexibility index (Phi) is 6.79. The van der Waals surface area contributed by atoms with Gasteiger partial charge in [0.1, 0.15) is 0 Å². The normalized spacial score (nSPS) is 14.4. The molecular weight excluding hydrogens is 270 g/mol. The summed E-state index contributed by atoms with van der Waals surface area (Å²) in [4.78, 5) is 0. The summed E-state index contributed by atoms with van der Waals surface area (Å²) in [6.45, 7) is 5.14. The van der Waals surface area contributed by atoms with Crippen molar-refractivity contribution < 1.29 is 18.9 Å². The van der Waals surface area contributed by atoms with Crippen molar-refractivity contribution >= 4 is 0 Å². The van der Waals surface area contributed by atoms with Gasteiger partial charge in [0.05, 0.1) is 25.9 Å². The number of ether oxygens (including phenoxy) is 4. The molecule has 5 heteroatoms. The lowest BCUT2D eigenvalue weighted by Crippen LogP contribution is -2.22. The van der Waals surface area contributed by atoms with Gasteiger partial charge in [0.15, 0.2) is 11.5 Å². The first-order valence-electron chi connectivity index (χ1n) is 7.57. The lowest BCUT2D eigenvalue weighted by molar-refractivity contribution is 0.0388. The van der Waals surface area contributed by atoms with Gasteiger partial charge < -0.3 is 24.3 Å². The number of unbranched alkanes of at least 4 members (excludes halogenated alkanes) is 1. The van der Waals surface area contributed by atoms with Gasteiger partial charge in [-0.25, -0.2) is 0 Å². The molecule has 1 aromatic rings. The zero-order chi connectivity index (χ0) is 14.9. The van der Waals surface area contributed by atoms with E-state index in [1.807, 2.05) is 25.2 Å². The molecule has 1 heterocycles. The minimum absolute atomic E-state index is 0.134. The van der Waals surface area contributed by atoms with Crippen LogP contribution in [0.15, 0.2) is 18.2 Å². The molecule has 0 aromatic heterocycles. The van der Waals surface area contributed by atoms with Crippen LogP contribution in [0.2, 0.25) is 0 Å². The van der Waals surface area contributed by atoms with Crippen molar-refractivity contribution in [1.29, 1.82) is 0 Å². The quantitative estimate of drug-likeness (QED) is 0.672. The van der Waals surface area contributed by atoms with Crippen molar-refractivity contribution in [3.63, 3.8) is 0 Å². The fraction of sp³-hybridized carbons (Fsp3) is 0.625. The molecule has 1 aliphatic rings. The number of hydrogen-bond acceptors (Lipinski definition) is 5. The van der Waals surface area contributed by atoms with Gasteiger partial charge in [-0.3, -0.25) is 0 Å². The molecule has 1 atom stereocenters. The number of likely N-dealkylation sites (N-methyl/N-ethyl adjacent to an activating group) is 1. The Balaban J connectivity index is 1.73. The van der Waals surface area contributed by atoms with E-state index in [1.165, 1.54) is 0 Å². The summed E-state index contributed by atoms with van der Waals surface area (Å²) >= 11 is 0. The van der Waals surface area contributed by atoms with E-state index in [0.29, 0.717) is 26.6 Å². The largest absolute Gasteiger partial charge is 0.454 e. The Morgan fingerprint density at radius 1 is 1.14 bits per heavy atom. The second-order valence-electron chi connectivity index (χ2n) is 4.99. The number of hydrogen-bond donors (Lipinski definition) is 1. The predicted octanol–water partition coefficient (Wildman–Crippen LogP) is 2.51. The van der Waals surface area contributed by atoms with Crippen LogP contribution >= 0.6 is 0 Å². The monoisotopic (exact) mass is 295 g/mol. The van der Waals surface area contributed by atoms with E-state index in [2.05, 4.69) is 12.2 Å². The lowest BCUT2D eigenvalue weighted by atomic mass is 10.1. The highest BCUT2D eigenvalue weighted by Gasteiger charge is 2.17. The smallest absolute Gasteiger partial charge is 0.231 e. The van der Waals surface area contributed by atoms with Crippen LogP contribution in [-0.2, 0) is 9.47 Å². The number of benzene rings is 1. The molecule has 118 valence electrons. The second-order valence-corrected chi connectivity index (χ2v) is 4.99. The molecule has 0 spiro atoms. The maximum atomic E-state index is 5.68. The Hall–Kier alpha value is -1.30. The predicted molar refractivity (Wildman–Crippen MR) is 80.9 cm³/mol. The molecule has 0 saturated heterocycles. The second kappa shape index (κ2) is 8.87. The Labute approximate surface area is 126 Å². The number of nitrogens with one attached hydrogen (secondary N) is 1. The molecule has 1 N–H and O–H groups in total. The third kappa shape index (κ3) is 4.88. The zero-order valence-electron chi connectivity index (χ0n) is 12.9. The topological polar surface area (TPSA) is 49.0 Å². The first-order chi connectivity index (χ1) is 10.3. The van der Waals surface area contributed by atoms with Gasteiger partial charge in [-0.05, 0) is 31.2 Å². The van der Waals surface area contributed by atoms with Crippen molar-refractivity contribution in [2.45, 2.75) is 25.8 Å². The SMILES string of the molecule is CCCCOCCOCC(NC)c1ccc2c(c1)OCO2. The first-order valence-corrected chi connectivity index (χ1v) is 7.57. The van der Waals surface area contributed by atoms with Crippen LogP contribution in [0.1, 0.15) is 31.4 Å². The molecule has 1 aliphatic heterocycles. The van der Waals surface area contributed by atoms with Crippen molar-refractivity contribution in [1.82, 2.24) is 5.32 Å². The highest BCUT2D eigenvalue weighted by Crippen LogP contribution is 2.34. The van der Waals surface area contributed by atoms with Gasteiger partial charge in [0, 0.05) is 6.61 Å². The molecule has 0 fully saturated rings. The fourth-order valence-corrected chi connectivity index (χ4v) is 2.14.